The molecule has 0 fully saturated rings. The molecule has 1 unspecified atom stereocenters. The van der Waals surface area contributed by atoms with E-state index < -0.39 is 17.7 Å². The van der Waals surface area contributed by atoms with Crippen LogP contribution in [0.25, 0.3) is 0 Å². The van der Waals surface area contributed by atoms with Gasteiger partial charge in [-0.05, 0) is 6.92 Å². The van der Waals surface area contributed by atoms with Gasteiger partial charge in [-0.2, -0.15) is 0 Å². The number of hydrogen-bond donors (Lipinski definition) is 0. The number of aryl methyl sites for hydroxylation is 1. The third kappa shape index (κ3) is 2.94. The zero-order chi connectivity index (χ0) is 13.8. The van der Waals surface area contributed by atoms with Crippen LogP contribution in [0.15, 0.2) is 54.6 Å². The van der Waals surface area contributed by atoms with E-state index in [1.54, 1.807) is 30.3 Å². The Morgan fingerprint density at radius 1 is 0.842 bits per heavy atom. The van der Waals surface area contributed by atoms with Gasteiger partial charge in [0.2, 0.25) is 17.7 Å². The van der Waals surface area contributed by atoms with E-state index in [1.807, 2.05) is 6.92 Å². The molecule has 0 spiro atoms. The van der Waals surface area contributed by atoms with Gasteiger partial charge in [0, 0.05) is 11.1 Å². The van der Waals surface area contributed by atoms with Crippen LogP contribution >= 0.6 is 0 Å². The highest BCUT2D eigenvalue weighted by Crippen LogP contribution is 2.13. The van der Waals surface area contributed by atoms with Crippen LogP contribution in [0.1, 0.15) is 26.3 Å². The minimum Gasteiger partial charge on any atom is -0.290 e. The minimum atomic E-state index is -2.15. The fraction of sp³-hybridized carbons (Fsp3) is 0.125. The summed E-state index contributed by atoms with van der Waals surface area (Å²) < 4.78 is 14.0. The Hall–Kier alpha value is -2.29. The standard InChI is InChI=1S/C16H13FO2/c1-11-7-9-13(10-8-11)16(19)14(17)15(18)12-5-3-2-4-6-12/h2-10,14H,1H3. The Bertz CT molecular complexity index is 588. The number of carbonyl (C=O) groups excluding carboxylic acids is 2. The average Bonchev–Trinajstić information content (AvgIpc) is 2.46. The van der Waals surface area contributed by atoms with Crippen molar-refractivity contribution in [1.82, 2.24) is 0 Å². The highest BCUT2D eigenvalue weighted by Gasteiger charge is 2.27. The molecule has 0 aliphatic rings. The molecule has 96 valence electrons. The maximum atomic E-state index is 14.0. The van der Waals surface area contributed by atoms with Gasteiger partial charge in [-0.15, -0.1) is 0 Å². The first-order chi connectivity index (χ1) is 9.09. The second-order valence-electron chi connectivity index (χ2n) is 4.32. The Morgan fingerprint density at radius 3 is 1.84 bits per heavy atom. The number of carbonyl (C=O) groups is 2. The van der Waals surface area contributed by atoms with Crippen LogP contribution in [-0.4, -0.2) is 17.7 Å². The van der Waals surface area contributed by atoms with E-state index in [-0.39, 0.29) is 11.1 Å². The molecule has 0 saturated carbocycles. The minimum absolute atomic E-state index is 0.204. The van der Waals surface area contributed by atoms with Gasteiger partial charge in [0.25, 0.3) is 0 Å². The maximum absolute atomic E-state index is 14.0. The van der Waals surface area contributed by atoms with Crippen LogP contribution in [0.2, 0.25) is 0 Å². The van der Waals surface area contributed by atoms with Gasteiger partial charge in [0.15, 0.2) is 0 Å². The van der Waals surface area contributed by atoms with Crippen molar-refractivity contribution in [3.05, 3.63) is 71.3 Å². The predicted molar refractivity (Wildman–Crippen MR) is 71.2 cm³/mol. The number of benzene rings is 2. The van der Waals surface area contributed by atoms with Crippen LogP contribution in [0.4, 0.5) is 4.39 Å². The van der Waals surface area contributed by atoms with Gasteiger partial charge in [0.05, 0.1) is 0 Å². The molecule has 0 radical (unpaired) electrons. The van der Waals surface area contributed by atoms with Crippen LogP contribution in [-0.2, 0) is 0 Å². The van der Waals surface area contributed by atoms with Crippen molar-refractivity contribution in [2.75, 3.05) is 0 Å². The van der Waals surface area contributed by atoms with Crippen molar-refractivity contribution >= 4 is 11.6 Å². The summed E-state index contributed by atoms with van der Waals surface area (Å²) in [6.45, 7) is 1.87. The van der Waals surface area contributed by atoms with Crippen molar-refractivity contribution in [1.29, 1.82) is 0 Å². The molecule has 0 N–H and O–H groups in total. The SMILES string of the molecule is Cc1ccc(C(=O)C(F)C(=O)c2ccccc2)cc1. The van der Waals surface area contributed by atoms with Gasteiger partial charge >= 0.3 is 0 Å². The summed E-state index contributed by atoms with van der Waals surface area (Å²) in [7, 11) is 0. The van der Waals surface area contributed by atoms with Crippen LogP contribution in [0, 0.1) is 6.92 Å². The quantitative estimate of drug-likeness (QED) is 0.620. The molecule has 2 nitrogen and oxygen atoms in total. The third-order valence-electron chi connectivity index (χ3n) is 2.85. The van der Waals surface area contributed by atoms with Crippen molar-refractivity contribution in [3.63, 3.8) is 0 Å². The van der Waals surface area contributed by atoms with Crippen LogP contribution < -0.4 is 0 Å². The van der Waals surface area contributed by atoms with Gasteiger partial charge in [0.1, 0.15) is 0 Å². The topological polar surface area (TPSA) is 34.1 Å². The van der Waals surface area contributed by atoms with E-state index >= 15 is 0 Å². The van der Waals surface area contributed by atoms with Crippen molar-refractivity contribution in [3.8, 4) is 0 Å². The Balaban J connectivity index is 2.20. The van der Waals surface area contributed by atoms with Gasteiger partial charge in [-0.1, -0.05) is 60.2 Å². The second kappa shape index (κ2) is 5.57. The van der Waals surface area contributed by atoms with Crippen molar-refractivity contribution in [2.45, 2.75) is 13.1 Å². The molecule has 0 aromatic heterocycles. The van der Waals surface area contributed by atoms with E-state index in [0.29, 0.717) is 0 Å². The lowest BCUT2D eigenvalue weighted by Crippen LogP contribution is -2.26. The molecule has 2 aromatic rings. The number of Topliss-reactive ketones (excluding diaryl/α,β-unsaturated/α-hetero) is 2. The van der Waals surface area contributed by atoms with E-state index in [1.165, 1.54) is 24.3 Å². The molecule has 0 heterocycles. The molecule has 0 bridgehead atoms. The first-order valence-corrected chi connectivity index (χ1v) is 5.94. The second-order valence-corrected chi connectivity index (χ2v) is 4.32. The summed E-state index contributed by atoms with van der Waals surface area (Å²) in [4.78, 5) is 23.7. The molecule has 0 amide bonds. The van der Waals surface area contributed by atoms with Crippen LogP contribution in [0.5, 0.6) is 0 Å². The van der Waals surface area contributed by atoms with E-state index in [4.69, 9.17) is 0 Å². The number of hydrogen-bond acceptors (Lipinski definition) is 2. The largest absolute Gasteiger partial charge is 0.290 e. The Labute approximate surface area is 110 Å². The molecule has 0 aliphatic carbocycles. The maximum Gasteiger partial charge on any atom is 0.225 e. The lowest BCUT2D eigenvalue weighted by Gasteiger charge is -2.07. The highest BCUT2D eigenvalue weighted by molar-refractivity contribution is 6.18. The third-order valence-corrected chi connectivity index (χ3v) is 2.85. The van der Waals surface area contributed by atoms with Crippen LogP contribution in [0.3, 0.4) is 0 Å². The zero-order valence-corrected chi connectivity index (χ0v) is 10.5. The van der Waals surface area contributed by atoms with E-state index in [0.717, 1.165) is 5.56 Å². The summed E-state index contributed by atoms with van der Waals surface area (Å²) in [6.07, 6.45) is -2.15. The monoisotopic (exact) mass is 256 g/mol. The first-order valence-electron chi connectivity index (χ1n) is 5.94. The number of ketones is 2. The zero-order valence-electron chi connectivity index (χ0n) is 10.5. The number of alkyl halides is 1. The summed E-state index contributed by atoms with van der Waals surface area (Å²) >= 11 is 0. The normalized spacial score (nSPS) is 11.9. The van der Waals surface area contributed by atoms with Gasteiger partial charge in [-0.3, -0.25) is 9.59 Å². The first kappa shape index (κ1) is 13.1. The lowest BCUT2D eigenvalue weighted by molar-refractivity contribution is 0.0758. The summed E-state index contributed by atoms with van der Waals surface area (Å²) in [5, 5.41) is 0. The van der Waals surface area contributed by atoms with E-state index in [9.17, 15) is 14.0 Å². The fourth-order valence-corrected chi connectivity index (χ4v) is 1.73. The fourth-order valence-electron chi connectivity index (χ4n) is 1.73. The molecule has 1 atom stereocenters. The summed E-state index contributed by atoms with van der Waals surface area (Å²) in [5.74, 6) is -1.60. The summed E-state index contributed by atoms with van der Waals surface area (Å²) in [5.41, 5.74) is 1.39. The molecule has 2 rings (SSSR count). The van der Waals surface area contributed by atoms with Crippen molar-refractivity contribution < 1.29 is 14.0 Å². The molecule has 2 aromatic carbocycles. The molecule has 0 aliphatic heterocycles. The number of rotatable bonds is 4. The predicted octanol–water partition coefficient (Wildman–Crippen LogP) is 3.40. The average molecular weight is 256 g/mol. The summed E-state index contributed by atoms with van der Waals surface area (Å²) in [6, 6.07) is 14.5. The number of halogens is 1. The Morgan fingerprint density at radius 2 is 1.32 bits per heavy atom. The molecule has 0 saturated heterocycles. The molecular weight excluding hydrogens is 243 g/mol. The van der Waals surface area contributed by atoms with Gasteiger partial charge < -0.3 is 0 Å². The lowest BCUT2D eigenvalue weighted by atomic mass is 9.99. The highest BCUT2D eigenvalue weighted by atomic mass is 19.1. The molecule has 19 heavy (non-hydrogen) atoms. The Kier molecular flexibility index (Phi) is 3.85. The molecule has 3 heteroatoms. The van der Waals surface area contributed by atoms with Gasteiger partial charge in [-0.25, -0.2) is 4.39 Å². The molecular formula is C16H13FO2. The smallest absolute Gasteiger partial charge is 0.225 e. The van der Waals surface area contributed by atoms with E-state index in [2.05, 4.69) is 0 Å². The van der Waals surface area contributed by atoms with Crippen molar-refractivity contribution in [2.24, 2.45) is 0 Å².